The van der Waals surface area contributed by atoms with Crippen LogP contribution >= 0.6 is 11.3 Å². The minimum atomic E-state index is 0.234. The zero-order valence-electron chi connectivity index (χ0n) is 12.8. The van der Waals surface area contributed by atoms with Crippen LogP contribution in [0.5, 0.6) is 0 Å². The van der Waals surface area contributed by atoms with Crippen LogP contribution in [0.25, 0.3) is 0 Å². The number of nitrogens with zero attached hydrogens (tertiary/aromatic N) is 2. The summed E-state index contributed by atoms with van der Waals surface area (Å²) in [4.78, 5) is 18.2. The van der Waals surface area contributed by atoms with Gasteiger partial charge in [-0.2, -0.15) is 0 Å². The van der Waals surface area contributed by atoms with Crippen LogP contribution in [0.3, 0.4) is 0 Å². The fourth-order valence-electron chi connectivity index (χ4n) is 3.45. The molecule has 5 heteroatoms. The molecule has 0 aromatic carbocycles. The van der Waals surface area contributed by atoms with Crippen molar-refractivity contribution < 1.29 is 4.79 Å². The van der Waals surface area contributed by atoms with Crippen LogP contribution in [0.1, 0.15) is 41.4 Å². The minimum absolute atomic E-state index is 0.234. The third kappa shape index (κ3) is 3.15. The molecule has 116 valence electrons. The predicted octanol–water partition coefficient (Wildman–Crippen LogP) is 1.95. The quantitative estimate of drug-likeness (QED) is 0.928. The minimum Gasteiger partial charge on any atom is -0.336 e. The van der Waals surface area contributed by atoms with Gasteiger partial charge in [0.25, 0.3) is 5.91 Å². The highest BCUT2D eigenvalue weighted by Crippen LogP contribution is 2.25. The molecular formula is C16H25N3OS. The van der Waals surface area contributed by atoms with E-state index in [1.165, 1.54) is 5.56 Å². The van der Waals surface area contributed by atoms with Crippen LogP contribution < -0.4 is 5.73 Å². The first-order valence-corrected chi connectivity index (χ1v) is 8.92. The number of rotatable bonds is 3. The van der Waals surface area contributed by atoms with Crippen molar-refractivity contribution in [2.24, 2.45) is 5.73 Å². The molecule has 1 amide bonds. The molecule has 3 heterocycles. The lowest BCUT2D eigenvalue weighted by Crippen LogP contribution is -2.46. The van der Waals surface area contributed by atoms with Crippen LogP contribution in [-0.2, 0) is 6.42 Å². The van der Waals surface area contributed by atoms with Crippen molar-refractivity contribution in [3.63, 3.8) is 0 Å². The maximum atomic E-state index is 12.7. The van der Waals surface area contributed by atoms with E-state index in [-0.39, 0.29) is 5.91 Å². The van der Waals surface area contributed by atoms with Crippen molar-refractivity contribution in [2.75, 3.05) is 26.2 Å². The van der Waals surface area contributed by atoms with Crippen LogP contribution in [0.2, 0.25) is 0 Å². The second-order valence-electron chi connectivity index (χ2n) is 6.20. The molecule has 0 spiro atoms. The Balaban J connectivity index is 1.60. The van der Waals surface area contributed by atoms with Crippen molar-refractivity contribution >= 4 is 17.2 Å². The van der Waals surface area contributed by atoms with Crippen LogP contribution in [0.4, 0.5) is 0 Å². The number of likely N-dealkylation sites (tertiary alicyclic amines) is 2. The summed E-state index contributed by atoms with van der Waals surface area (Å²) in [7, 11) is 0. The molecule has 2 aliphatic heterocycles. The Morgan fingerprint density at radius 1 is 1.33 bits per heavy atom. The Morgan fingerprint density at radius 3 is 2.81 bits per heavy atom. The summed E-state index contributed by atoms with van der Waals surface area (Å²) in [6.07, 6.45) is 4.23. The largest absolute Gasteiger partial charge is 0.336 e. The Labute approximate surface area is 130 Å². The van der Waals surface area contributed by atoms with E-state index in [4.69, 9.17) is 5.73 Å². The maximum absolute atomic E-state index is 12.7. The van der Waals surface area contributed by atoms with Gasteiger partial charge in [0.2, 0.25) is 0 Å². The van der Waals surface area contributed by atoms with Gasteiger partial charge in [0.1, 0.15) is 0 Å². The summed E-state index contributed by atoms with van der Waals surface area (Å²) in [5, 5.41) is 2.03. The second kappa shape index (κ2) is 6.46. The smallest absolute Gasteiger partial charge is 0.264 e. The normalized spacial score (nSPS) is 24.7. The van der Waals surface area contributed by atoms with E-state index in [0.29, 0.717) is 12.1 Å². The second-order valence-corrected chi connectivity index (χ2v) is 7.11. The molecule has 0 aliphatic carbocycles. The van der Waals surface area contributed by atoms with Crippen molar-refractivity contribution in [1.29, 1.82) is 0 Å². The number of aryl methyl sites for hydroxylation is 1. The molecule has 0 saturated carbocycles. The molecule has 1 aromatic heterocycles. The molecule has 2 N–H and O–H groups in total. The molecule has 1 aromatic rings. The number of hydrogen-bond acceptors (Lipinski definition) is 4. The number of carbonyl (C=O) groups is 1. The zero-order chi connectivity index (χ0) is 14.8. The summed E-state index contributed by atoms with van der Waals surface area (Å²) < 4.78 is 0. The van der Waals surface area contributed by atoms with Gasteiger partial charge in [0.15, 0.2) is 0 Å². The summed E-state index contributed by atoms with van der Waals surface area (Å²) in [6, 6.07) is 2.99. The lowest BCUT2D eigenvalue weighted by Gasteiger charge is -2.34. The van der Waals surface area contributed by atoms with Crippen LogP contribution in [-0.4, -0.2) is 54.0 Å². The summed E-state index contributed by atoms with van der Waals surface area (Å²) in [5.74, 6) is 0.234. The molecular weight excluding hydrogens is 282 g/mol. The van der Waals surface area contributed by atoms with E-state index < -0.39 is 0 Å². The molecule has 0 bridgehead atoms. The monoisotopic (exact) mass is 307 g/mol. The molecule has 3 rings (SSSR count). The van der Waals surface area contributed by atoms with Gasteiger partial charge in [-0.25, -0.2) is 0 Å². The molecule has 4 nitrogen and oxygen atoms in total. The number of amides is 1. The van der Waals surface area contributed by atoms with Gasteiger partial charge in [0.05, 0.1) is 4.88 Å². The number of thiophene rings is 1. The maximum Gasteiger partial charge on any atom is 0.264 e. The molecule has 1 atom stereocenters. The summed E-state index contributed by atoms with van der Waals surface area (Å²) >= 11 is 1.58. The first-order valence-electron chi connectivity index (χ1n) is 8.04. The van der Waals surface area contributed by atoms with Gasteiger partial charge in [-0.15, -0.1) is 11.3 Å². The predicted molar refractivity (Wildman–Crippen MR) is 86.8 cm³/mol. The van der Waals surface area contributed by atoms with Crippen LogP contribution in [0, 0.1) is 0 Å². The van der Waals surface area contributed by atoms with Gasteiger partial charge in [0, 0.05) is 25.2 Å². The Morgan fingerprint density at radius 2 is 2.10 bits per heavy atom. The van der Waals surface area contributed by atoms with Gasteiger partial charge in [-0.3, -0.25) is 9.69 Å². The molecule has 2 saturated heterocycles. The highest BCUT2D eigenvalue weighted by Gasteiger charge is 2.33. The van der Waals surface area contributed by atoms with Gasteiger partial charge in [-0.05, 0) is 55.8 Å². The lowest BCUT2D eigenvalue weighted by molar-refractivity contribution is 0.0773. The van der Waals surface area contributed by atoms with Gasteiger partial charge in [-0.1, -0.05) is 6.92 Å². The van der Waals surface area contributed by atoms with E-state index >= 15 is 0 Å². The first-order chi connectivity index (χ1) is 10.2. The summed E-state index contributed by atoms with van der Waals surface area (Å²) in [5.41, 5.74) is 7.17. The van der Waals surface area contributed by atoms with Gasteiger partial charge >= 0.3 is 0 Å². The Kier molecular flexibility index (Phi) is 4.62. The molecule has 1 unspecified atom stereocenters. The first kappa shape index (κ1) is 15.0. The van der Waals surface area contributed by atoms with Crippen molar-refractivity contribution in [1.82, 2.24) is 9.80 Å². The Bertz CT molecular complexity index is 493. The van der Waals surface area contributed by atoms with Gasteiger partial charge < -0.3 is 10.6 Å². The van der Waals surface area contributed by atoms with E-state index in [1.54, 1.807) is 11.3 Å². The van der Waals surface area contributed by atoms with E-state index in [9.17, 15) is 4.79 Å². The number of piperidine rings is 1. The highest BCUT2D eigenvalue weighted by atomic mass is 32.1. The van der Waals surface area contributed by atoms with Crippen molar-refractivity contribution in [2.45, 2.75) is 44.7 Å². The Hall–Kier alpha value is -0.910. The zero-order valence-corrected chi connectivity index (χ0v) is 13.6. The molecule has 2 aliphatic rings. The molecule has 21 heavy (non-hydrogen) atoms. The fourth-order valence-corrected chi connectivity index (χ4v) is 4.42. The van der Waals surface area contributed by atoms with E-state index in [0.717, 1.165) is 56.7 Å². The average Bonchev–Trinajstić information content (AvgIpc) is 3.16. The van der Waals surface area contributed by atoms with Crippen LogP contribution in [0.15, 0.2) is 11.4 Å². The molecule has 2 fully saturated rings. The molecule has 0 radical (unpaired) electrons. The lowest BCUT2D eigenvalue weighted by atomic mass is 10.0. The van der Waals surface area contributed by atoms with E-state index in [2.05, 4.69) is 17.9 Å². The fraction of sp³-hybridized carbons (Fsp3) is 0.688. The number of hydrogen-bond donors (Lipinski definition) is 1. The topological polar surface area (TPSA) is 49.6 Å². The van der Waals surface area contributed by atoms with Crippen molar-refractivity contribution in [3.8, 4) is 0 Å². The van der Waals surface area contributed by atoms with Crippen molar-refractivity contribution in [3.05, 3.63) is 21.9 Å². The third-order valence-corrected chi connectivity index (χ3v) is 5.81. The number of nitrogens with two attached hydrogens (primary N) is 1. The average molecular weight is 307 g/mol. The summed E-state index contributed by atoms with van der Waals surface area (Å²) in [6.45, 7) is 6.07. The number of carbonyl (C=O) groups excluding carboxylic acids is 1. The third-order valence-electron chi connectivity index (χ3n) is 4.86. The standard InChI is InChI=1S/C16H25N3OS/c1-2-12-6-10-21-15(12)16(20)19-9-5-14(11-19)18-7-3-13(17)4-8-18/h6,10,13-14H,2-5,7-9,11,17H2,1H3. The SMILES string of the molecule is CCc1ccsc1C(=O)N1CCC(N2CCC(N)CC2)C1. The highest BCUT2D eigenvalue weighted by molar-refractivity contribution is 7.12. The van der Waals surface area contributed by atoms with E-state index in [1.807, 2.05) is 10.3 Å².